The van der Waals surface area contributed by atoms with E-state index in [4.69, 9.17) is 5.11 Å². The van der Waals surface area contributed by atoms with Crippen molar-refractivity contribution in [1.82, 2.24) is 14.3 Å². The van der Waals surface area contributed by atoms with E-state index in [0.717, 1.165) is 41.9 Å². The molecule has 106 valence electrons. The van der Waals surface area contributed by atoms with Crippen LogP contribution in [0.1, 0.15) is 34.9 Å². The van der Waals surface area contributed by atoms with Crippen molar-refractivity contribution in [2.75, 3.05) is 20.1 Å². The van der Waals surface area contributed by atoms with Gasteiger partial charge in [0.05, 0.1) is 11.1 Å². The Morgan fingerprint density at radius 3 is 2.80 bits per heavy atom. The van der Waals surface area contributed by atoms with E-state index in [1.54, 1.807) is 12.1 Å². The van der Waals surface area contributed by atoms with Crippen LogP contribution in [0.4, 0.5) is 0 Å². The van der Waals surface area contributed by atoms with E-state index < -0.39 is 5.97 Å². The second-order valence-corrected chi connectivity index (χ2v) is 6.07. The molecule has 5 nitrogen and oxygen atoms in total. The minimum Gasteiger partial charge on any atom is -0.478 e. The second kappa shape index (κ2) is 5.18. The number of rotatable bonds is 2. The molecule has 0 amide bonds. The Balaban J connectivity index is 2.02. The molecule has 2 aromatic heterocycles. The van der Waals surface area contributed by atoms with Gasteiger partial charge in [0, 0.05) is 12.1 Å². The van der Waals surface area contributed by atoms with Gasteiger partial charge in [-0.25, -0.2) is 9.78 Å². The lowest BCUT2D eigenvalue weighted by molar-refractivity contribution is 0.0697. The molecule has 0 atom stereocenters. The number of imidazole rings is 1. The number of fused-ring (bicyclic) bond motifs is 1. The first-order valence-electron chi connectivity index (χ1n) is 6.65. The van der Waals surface area contributed by atoms with Crippen molar-refractivity contribution >= 4 is 27.4 Å². The Morgan fingerprint density at radius 2 is 2.15 bits per heavy atom. The number of halogens is 1. The topological polar surface area (TPSA) is 57.8 Å². The van der Waals surface area contributed by atoms with Crippen LogP contribution >= 0.6 is 15.9 Å². The number of hydrogen-bond acceptors (Lipinski definition) is 3. The number of carbonyl (C=O) groups is 1. The van der Waals surface area contributed by atoms with Crippen LogP contribution in [0.3, 0.4) is 0 Å². The SMILES string of the molecule is CN1CCC(c2nc(Br)c3cc(C(=O)O)ccn23)CC1. The van der Waals surface area contributed by atoms with Crippen LogP contribution in [-0.4, -0.2) is 45.5 Å². The molecule has 2 aromatic rings. The monoisotopic (exact) mass is 337 g/mol. The first kappa shape index (κ1) is 13.6. The maximum Gasteiger partial charge on any atom is 0.335 e. The Labute approximate surface area is 125 Å². The van der Waals surface area contributed by atoms with Crippen LogP contribution < -0.4 is 0 Å². The van der Waals surface area contributed by atoms with Gasteiger partial charge in [-0.05, 0) is 61.0 Å². The number of likely N-dealkylation sites (tertiary alicyclic amines) is 1. The van der Waals surface area contributed by atoms with Crippen molar-refractivity contribution in [2.45, 2.75) is 18.8 Å². The lowest BCUT2D eigenvalue weighted by atomic mass is 9.96. The summed E-state index contributed by atoms with van der Waals surface area (Å²) < 4.78 is 2.72. The fourth-order valence-electron chi connectivity index (χ4n) is 2.76. The summed E-state index contributed by atoms with van der Waals surface area (Å²) in [5, 5.41) is 9.07. The summed E-state index contributed by atoms with van der Waals surface area (Å²) >= 11 is 3.44. The molecule has 3 rings (SSSR count). The molecule has 20 heavy (non-hydrogen) atoms. The third-order valence-electron chi connectivity index (χ3n) is 3.96. The molecule has 6 heteroatoms. The van der Waals surface area contributed by atoms with Crippen LogP contribution in [0, 0.1) is 0 Å². The molecule has 1 saturated heterocycles. The van der Waals surface area contributed by atoms with Crippen molar-refractivity contribution < 1.29 is 9.90 Å². The molecular formula is C14H16BrN3O2. The normalized spacial score (nSPS) is 17.7. The highest BCUT2D eigenvalue weighted by atomic mass is 79.9. The number of aromatic carboxylic acids is 1. The zero-order valence-electron chi connectivity index (χ0n) is 11.2. The smallest absolute Gasteiger partial charge is 0.335 e. The summed E-state index contributed by atoms with van der Waals surface area (Å²) in [6, 6.07) is 3.29. The van der Waals surface area contributed by atoms with Crippen molar-refractivity contribution in [2.24, 2.45) is 0 Å². The van der Waals surface area contributed by atoms with Crippen molar-refractivity contribution in [3.05, 3.63) is 34.3 Å². The van der Waals surface area contributed by atoms with Crippen molar-refractivity contribution in [1.29, 1.82) is 0 Å². The van der Waals surface area contributed by atoms with Gasteiger partial charge < -0.3 is 14.4 Å². The van der Waals surface area contributed by atoms with E-state index >= 15 is 0 Å². The lowest BCUT2D eigenvalue weighted by Gasteiger charge is -2.28. The van der Waals surface area contributed by atoms with E-state index in [2.05, 4.69) is 32.9 Å². The van der Waals surface area contributed by atoms with Crippen molar-refractivity contribution in [3.63, 3.8) is 0 Å². The first-order chi connectivity index (χ1) is 9.56. The Hall–Kier alpha value is -1.40. The predicted octanol–water partition coefficient (Wildman–Crippen LogP) is 2.60. The molecule has 1 fully saturated rings. The molecule has 0 spiro atoms. The fraction of sp³-hybridized carbons (Fsp3) is 0.429. The minimum atomic E-state index is -0.915. The van der Waals surface area contributed by atoms with Gasteiger partial charge in [-0.1, -0.05) is 0 Å². The highest BCUT2D eigenvalue weighted by molar-refractivity contribution is 9.10. The van der Waals surface area contributed by atoms with E-state index in [1.807, 2.05) is 10.6 Å². The lowest BCUT2D eigenvalue weighted by Crippen LogP contribution is -2.29. The second-order valence-electron chi connectivity index (χ2n) is 5.31. The zero-order valence-corrected chi connectivity index (χ0v) is 12.8. The van der Waals surface area contributed by atoms with E-state index in [-0.39, 0.29) is 5.56 Å². The molecule has 1 N–H and O–H groups in total. The maximum absolute atomic E-state index is 11.1. The minimum absolute atomic E-state index is 0.285. The van der Waals surface area contributed by atoms with Gasteiger partial charge in [0.2, 0.25) is 0 Å². The summed E-state index contributed by atoms with van der Waals surface area (Å²) in [6.45, 7) is 2.15. The summed E-state index contributed by atoms with van der Waals surface area (Å²) in [5.41, 5.74) is 1.10. The molecule has 3 heterocycles. The molecule has 0 aromatic carbocycles. The largest absolute Gasteiger partial charge is 0.478 e. The molecule has 0 radical (unpaired) electrons. The number of carboxylic acids is 1. The quantitative estimate of drug-likeness (QED) is 0.915. The molecule has 0 bridgehead atoms. The number of hydrogen-bond donors (Lipinski definition) is 1. The van der Waals surface area contributed by atoms with Gasteiger partial charge in [-0.15, -0.1) is 0 Å². The van der Waals surface area contributed by atoms with Crippen molar-refractivity contribution in [3.8, 4) is 0 Å². The van der Waals surface area contributed by atoms with Gasteiger partial charge in [0.15, 0.2) is 0 Å². The highest BCUT2D eigenvalue weighted by Gasteiger charge is 2.23. The predicted molar refractivity (Wildman–Crippen MR) is 79.3 cm³/mol. The fourth-order valence-corrected chi connectivity index (χ4v) is 3.25. The summed E-state index contributed by atoms with van der Waals surface area (Å²) in [6.07, 6.45) is 3.98. The maximum atomic E-state index is 11.1. The van der Waals surface area contributed by atoms with Gasteiger partial charge in [0.25, 0.3) is 0 Å². The summed E-state index contributed by atoms with van der Waals surface area (Å²) in [5.74, 6) is 0.541. The Morgan fingerprint density at radius 1 is 1.45 bits per heavy atom. The summed E-state index contributed by atoms with van der Waals surface area (Å²) in [7, 11) is 2.13. The van der Waals surface area contributed by atoms with Gasteiger partial charge in [-0.3, -0.25) is 0 Å². The number of nitrogens with zero attached hydrogens (tertiary/aromatic N) is 3. The van der Waals surface area contributed by atoms with Crippen LogP contribution in [0.5, 0.6) is 0 Å². The van der Waals surface area contributed by atoms with E-state index in [1.165, 1.54) is 0 Å². The third kappa shape index (κ3) is 2.33. The van der Waals surface area contributed by atoms with Crippen LogP contribution in [-0.2, 0) is 0 Å². The Kier molecular flexibility index (Phi) is 3.52. The molecule has 1 aliphatic heterocycles. The number of aromatic nitrogens is 2. The van der Waals surface area contributed by atoms with Crippen LogP contribution in [0.2, 0.25) is 0 Å². The third-order valence-corrected chi connectivity index (χ3v) is 4.54. The van der Waals surface area contributed by atoms with Gasteiger partial charge >= 0.3 is 5.97 Å². The average Bonchev–Trinajstić information content (AvgIpc) is 2.76. The first-order valence-corrected chi connectivity index (χ1v) is 7.45. The molecule has 1 aliphatic rings. The van der Waals surface area contributed by atoms with Crippen LogP contribution in [0.25, 0.3) is 5.52 Å². The Bertz CT molecular complexity index is 660. The van der Waals surface area contributed by atoms with Gasteiger partial charge in [-0.2, -0.15) is 0 Å². The molecule has 0 saturated carbocycles. The molecule has 0 aliphatic carbocycles. The van der Waals surface area contributed by atoms with Gasteiger partial charge in [0.1, 0.15) is 10.4 Å². The number of piperidine rings is 1. The zero-order chi connectivity index (χ0) is 14.3. The molecule has 0 unspecified atom stereocenters. The van der Waals surface area contributed by atoms with E-state index in [9.17, 15) is 4.79 Å². The molecular weight excluding hydrogens is 322 g/mol. The highest BCUT2D eigenvalue weighted by Crippen LogP contribution is 2.30. The number of carboxylic acid groups (broad SMARTS) is 1. The average molecular weight is 338 g/mol. The number of pyridine rings is 1. The van der Waals surface area contributed by atoms with Crippen LogP contribution in [0.15, 0.2) is 22.9 Å². The van der Waals surface area contributed by atoms with E-state index in [0.29, 0.717) is 5.92 Å². The summed E-state index contributed by atoms with van der Waals surface area (Å²) in [4.78, 5) is 18.0. The standard InChI is InChI=1S/C14H16BrN3O2/c1-17-5-2-9(3-6-17)13-16-12(15)11-8-10(14(19)20)4-7-18(11)13/h4,7-9H,2-3,5-6H2,1H3,(H,19,20).